The van der Waals surface area contributed by atoms with Gasteiger partial charge in [-0.2, -0.15) is 0 Å². The fourth-order valence-corrected chi connectivity index (χ4v) is 3.25. The molecule has 0 aromatic heterocycles. The Kier molecular flexibility index (Phi) is 7.10. The molecule has 0 saturated heterocycles. The number of hydrogen-bond donors (Lipinski definition) is 0. The first-order chi connectivity index (χ1) is 12.1. The number of nitrogens with zero attached hydrogens (tertiary/aromatic N) is 1. The molecule has 0 spiro atoms. The molecule has 1 amide bonds. The highest BCUT2D eigenvalue weighted by atomic mass is 16.5. The van der Waals surface area contributed by atoms with Crippen molar-refractivity contribution in [3.63, 3.8) is 0 Å². The van der Waals surface area contributed by atoms with Crippen molar-refractivity contribution in [2.45, 2.75) is 45.1 Å². The Bertz CT molecular complexity index is 595. The van der Waals surface area contributed by atoms with Gasteiger partial charge in [0.15, 0.2) is 11.5 Å². The van der Waals surface area contributed by atoms with E-state index in [1.165, 1.54) is 0 Å². The first kappa shape index (κ1) is 19.1. The Morgan fingerprint density at radius 2 is 1.80 bits per heavy atom. The third-order valence-electron chi connectivity index (χ3n) is 4.52. The normalized spacial score (nSPS) is 14.2. The Morgan fingerprint density at radius 1 is 1.12 bits per heavy atom. The number of carbonyl (C=O) groups excluding carboxylic acids is 2. The second-order valence-electron chi connectivity index (χ2n) is 6.06. The number of benzene rings is 1. The molecular formula is C19H27NO5. The van der Waals surface area contributed by atoms with Gasteiger partial charge in [-0.05, 0) is 38.0 Å². The second-order valence-corrected chi connectivity index (χ2v) is 6.06. The molecular weight excluding hydrogens is 322 g/mol. The average Bonchev–Trinajstić information content (AvgIpc) is 3.15. The zero-order chi connectivity index (χ0) is 18.2. The number of amides is 1. The number of ether oxygens (including phenoxy) is 3. The molecule has 0 N–H and O–H groups in total. The molecule has 138 valence electrons. The van der Waals surface area contributed by atoms with Gasteiger partial charge < -0.3 is 19.1 Å². The molecule has 6 heteroatoms. The third-order valence-corrected chi connectivity index (χ3v) is 4.52. The van der Waals surface area contributed by atoms with E-state index < -0.39 is 0 Å². The summed E-state index contributed by atoms with van der Waals surface area (Å²) in [7, 11) is 3.10. The minimum atomic E-state index is -0.273. The average molecular weight is 349 g/mol. The summed E-state index contributed by atoms with van der Waals surface area (Å²) in [5, 5.41) is 0. The van der Waals surface area contributed by atoms with Gasteiger partial charge in [0.1, 0.15) is 0 Å². The largest absolute Gasteiger partial charge is 0.493 e. The van der Waals surface area contributed by atoms with Crippen LogP contribution in [0.2, 0.25) is 0 Å². The van der Waals surface area contributed by atoms with Crippen molar-refractivity contribution in [3.8, 4) is 11.5 Å². The maximum Gasteiger partial charge on any atom is 0.307 e. The Labute approximate surface area is 149 Å². The molecule has 0 aliphatic heterocycles. The minimum Gasteiger partial charge on any atom is -0.493 e. The Hall–Kier alpha value is -2.24. The minimum absolute atomic E-state index is 0.0860. The van der Waals surface area contributed by atoms with Crippen LogP contribution in [0.3, 0.4) is 0 Å². The predicted molar refractivity (Wildman–Crippen MR) is 94.1 cm³/mol. The van der Waals surface area contributed by atoms with Crippen LogP contribution < -0.4 is 9.47 Å². The van der Waals surface area contributed by atoms with E-state index in [2.05, 4.69) is 0 Å². The van der Waals surface area contributed by atoms with Crippen LogP contribution in [-0.2, 0) is 9.53 Å². The lowest BCUT2D eigenvalue weighted by Gasteiger charge is -2.29. The van der Waals surface area contributed by atoms with E-state index in [0.29, 0.717) is 30.2 Å². The molecule has 2 rings (SSSR count). The maximum absolute atomic E-state index is 13.0. The van der Waals surface area contributed by atoms with Gasteiger partial charge >= 0.3 is 5.97 Å². The molecule has 0 unspecified atom stereocenters. The Morgan fingerprint density at radius 3 is 2.40 bits per heavy atom. The topological polar surface area (TPSA) is 65.1 Å². The van der Waals surface area contributed by atoms with Crippen molar-refractivity contribution in [2.75, 3.05) is 27.4 Å². The van der Waals surface area contributed by atoms with Gasteiger partial charge in [0.25, 0.3) is 5.91 Å². The van der Waals surface area contributed by atoms with Crippen molar-refractivity contribution in [3.05, 3.63) is 23.8 Å². The molecule has 1 saturated carbocycles. The summed E-state index contributed by atoms with van der Waals surface area (Å²) < 4.78 is 15.5. The SMILES string of the molecule is CCOC(=O)CCN(C(=O)c1ccc(OC)c(OC)c1)C1CCCC1. The van der Waals surface area contributed by atoms with E-state index in [0.717, 1.165) is 25.7 Å². The molecule has 1 aromatic carbocycles. The van der Waals surface area contributed by atoms with E-state index in [9.17, 15) is 9.59 Å². The fraction of sp³-hybridized carbons (Fsp3) is 0.579. The van der Waals surface area contributed by atoms with E-state index >= 15 is 0 Å². The molecule has 1 aliphatic carbocycles. The zero-order valence-electron chi connectivity index (χ0n) is 15.2. The summed E-state index contributed by atoms with van der Waals surface area (Å²) in [4.78, 5) is 26.6. The van der Waals surface area contributed by atoms with Crippen LogP contribution in [0.25, 0.3) is 0 Å². The number of hydrogen-bond acceptors (Lipinski definition) is 5. The molecule has 1 fully saturated rings. The van der Waals surface area contributed by atoms with Crippen LogP contribution in [0, 0.1) is 0 Å². The number of rotatable bonds is 8. The maximum atomic E-state index is 13.0. The summed E-state index contributed by atoms with van der Waals surface area (Å²) in [6.45, 7) is 2.50. The molecule has 0 radical (unpaired) electrons. The summed E-state index contributed by atoms with van der Waals surface area (Å²) >= 11 is 0. The lowest BCUT2D eigenvalue weighted by atomic mass is 10.1. The van der Waals surface area contributed by atoms with Crippen LogP contribution in [-0.4, -0.2) is 50.2 Å². The molecule has 1 aliphatic rings. The van der Waals surface area contributed by atoms with Crippen LogP contribution in [0.15, 0.2) is 18.2 Å². The van der Waals surface area contributed by atoms with Crippen molar-refractivity contribution < 1.29 is 23.8 Å². The van der Waals surface area contributed by atoms with Gasteiger partial charge in [-0.3, -0.25) is 9.59 Å². The van der Waals surface area contributed by atoms with Gasteiger partial charge in [-0.15, -0.1) is 0 Å². The molecule has 0 bridgehead atoms. The highest BCUT2D eigenvalue weighted by Crippen LogP contribution is 2.30. The lowest BCUT2D eigenvalue weighted by Crippen LogP contribution is -2.40. The standard InChI is InChI=1S/C19H27NO5/c1-4-25-18(21)11-12-20(15-7-5-6-8-15)19(22)14-9-10-16(23-2)17(13-14)24-3/h9-10,13,15H,4-8,11-12H2,1-3H3. The summed E-state index contributed by atoms with van der Waals surface area (Å²) in [6, 6.07) is 5.32. The first-order valence-electron chi connectivity index (χ1n) is 8.79. The zero-order valence-corrected chi connectivity index (χ0v) is 15.2. The third kappa shape index (κ3) is 4.87. The lowest BCUT2D eigenvalue weighted by molar-refractivity contribution is -0.143. The van der Waals surface area contributed by atoms with E-state index in [4.69, 9.17) is 14.2 Å². The highest BCUT2D eigenvalue weighted by molar-refractivity contribution is 5.95. The summed E-state index contributed by atoms with van der Waals surface area (Å²) in [5.74, 6) is 0.742. The van der Waals surface area contributed by atoms with Gasteiger partial charge in [-0.1, -0.05) is 12.8 Å². The van der Waals surface area contributed by atoms with Crippen LogP contribution in [0.5, 0.6) is 11.5 Å². The second kappa shape index (κ2) is 9.30. The number of carbonyl (C=O) groups is 2. The molecule has 0 heterocycles. The van der Waals surface area contributed by atoms with Gasteiger partial charge in [0.05, 0.1) is 27.2 Å². The van der Waals surface area contributed by atoms with Crippen molar-refractivity contribution >= 4 is 11.9 Å². The van der Waals surface area contributed by atoms with Gasteiger partial charge in [0.2, 0.25) is 0 Å². The van der Waals surface area contributed by atoms with E-state index in [-0.39, 0.29) is 24.3 Å². The van der Waals surface area contributed by atoms with Crippen molar-refractivity contribution in [2.24, 2.45) is 0 Å². The number of esters is 1. The molecule has 1 aromatic rings. The van der Waals surface area contributed by atoms with E-state index in [1.807, 2.05) is 4.90 Å². The first-order valence-corrected chi connectivity index (χ1v) is 8.79. The van der Waals surface area contributed by atoms with Crippen LogP contribution in [0.1, 0.15) is 49.4 Å². The monoisotopic (exact) mass is 349 g/mol. The van der Waals surface area contributed by atoms with Gasteiger partial charge in [0, 0.05) is 18.2 Å². The van der Waals surface area contributed by atoms with Crippen molar-refractivity contribution in [1.82, 2.24) is 4.90 Å². The molecule has 25 heavy (non-hydrogen) atoms. The summed E-state index contributed by atoms with van der Waals surface area (Å²) in [6.07, 6.45) is 4.38. The summed E-state index contributed by atoms with van der Waals surface area (Å²) in [5.41, 5.74) is 0.536. The highest BCUT2D eigenvalue weighted by Gasteiger charge is 2.28. The number of methoxy groups -OCH3 is 2. The molecule has 0 atom stereocenters. The quantitative estimate of drug-likeness (QED) is 0.675. The smallest absolute Gasteiger partial charge is 0.307 e. The molecule has 6 nitrogen and oxygen atoms in total. The predicted octanol–water partition coefficient (Wildman–Crippen LogP) is 3.04. The van der Waals surface area contributed by atoms with Crippen LogP contribution in [0.4, 0.5) is 0 Å². The van der Waals surface area contributed by atoms with Gasteiger partial charge in [-0.25, -0.2) is 0 Å². The van der Waals surface area contributed by atoms with E-state index in [1.54, 1.807) is 39.3 Å². The fourth-order valence-electron chi connectivity index (χ4n) is 3.25. The Balaban J connectivity index is 2.17. The van der Waals surface area contributed by atoms with Crippen molar-refractivity contribution in [1.29, 1.82) is 0 Å². The van der Waals surface area contributed by atoms with Crippen LogP contribution >= 0.6 is 0 Å².